The zero-order valence-electron chi connectivity index (χ0n) is 45.0. The molecule has 383 valence electrons. The van der Waals surface area contributed by atoms with Gasteiger partial charge in [-0.05, 0) is 124 Å². The van der Waals surface area contributed by atoms with Crippen LogP contribution in [0.3, 0.4) is 0 Å². The number of allylic oxidation sites excluding steroid dienone is 1. The highest BCUT2D eigenvalue weighted by molar-refractivity contribution is 6.74. The van der Waals surface area contributed by atoms with Crippen LogP contribution in [0.25, 0.3) is 0 Å². The van der Waals surface area contributed by atoms with Gasteiger partial charge in [0.05, 0.1) is 35.7 Å². The van der Waals surface area contributed by atoms with Crippen LogP contribution in [0.2, 0.25) is 67.5 Å². The largest absolute Gasteiger partial charge is 0.455 e. The molecule has 2 bridgehead atoms. The molecule has 3 fully saturated rings. The summed E-state index contributed by atoms with van der Waals surface area (Å²) in [5.41, 5.74) is -2.77. The number of carbonyl (C=O) groups excluding carboxylic acids is 3. The number of unbranched alkanes of at least 4 members (excludes halogenated alkanes) is 2. The monoisotopic (exact) mass is 1010 g/mol. The molecule has 2 saturated carbocycles. The average molecular weight is 1010 g/mol. The molecule has 10 nitrogen and oxygen atoms in total. The Kier molecular flexibility index (Phi) is 19.1. The molecule has 0 amide bonds. The highest BCUT2D eigenvalue weighted by atomic mass is 28.4. The highest BCUT2D eigenvalue weighted by Gasteiger charge is 2.79. The van der Waals surface area contributed by atoms with E-state index in [0.717, 1.165) is 78.4 Å². The number of esters is 2. The van der Waals surface area contributed by atoms with Crippen LogP contribution in [-0.2, 0) is 41.5 Å². The van der Waals surface area contributed by atoms with Gasteiger partial charge in [-0.25, -0.2) is 4.79 Å². The van der Waals surface area contributed by atoms with E-state index in [2.05, 4.69) is 103 Å². The number of fused-ring (bicyclic) bond motifs is 5. The van der Waals surface area contributed by atoms with Crippen LogP contribution >= 0.6 is 0 Å². The Labute approximate surface area is 416 Å². The van der Waals surface area contributed by atoms with Crippen molar-refractivity contribution < 1.29 is 46.3 Å². The second kappa shape index (κ2) is 22.8. The Morgan fingerprint density at radius 1 is 0.809 bits per heavy atom. The van der Waals surface area contributed by atoms with Gasteiger partial charge in [-0.1, -0.05) is 100 Å². The Hall–Kier alpha value is -2.02. The van der Waals surface area contributed by atoms with E-state index in [-0.39, 0.29) is 24.8 Å². The molecule has 4 aliphatic rings. The summed E-state index contributed by atoms with van der Waals surface area (Å²) in [7, 11) is -9.03. The fourth-order valence-electron chi connectivity index (χ4n) is 13.0. The number of Topliss-reactive ketones (excluding diaryl/α,β-unsaturated/α-hetero) is 1. The van der Waals surface area contributed by atoms with Crippen LogP contribution in [0.15, 0.2) is 54.1 Å². The van der Waals surface area contributed by atoms with Gasteiger partial charge in [0.25, 0.3) is 0 Å². The lowest BCUT2D eigenvalue weighted by molar-refractivity contribution is -0.343. The Balaban J connectivity index is 2.01. The maximum Gasteiger partial charge on any atom is 0.338 e. The summed E-state index contributed by atoms with van der Waals surface area (Å²) in [5.74, 6) is -1.94. The fourth-order valence-corrected chi connectivity index (χ4v) is 22.7. The molecule has 14 heteroatoms. The molecule has 1 saturated heterocycles. The van der Waals surface area contributed by atoms with Crippen molar-refractivity contribution in [2.45, 2.75) is 238 Å². The van der Waals surface area contributed by atoms with Crippen LogP contribution in [0.4, 0.5) is 0 Å². The van der Waals surface area contributed by atoms with Crippen LogP contribution in [0.1, 0.15) is 139 Å². The predicted octanol–water partition coefficient (Wildman–Crippen LogP) is 13.2. The van der Waals surface area contributed by atoms with Crippen molar-refractivity contribution in [1.29, 1.82) is 0 Å². The smallest absolute Gasteiger partial charge is 0.338 e. The van der Waals surface area contributed by atoms with Crippen molar-refractivity contribution in [2.75, 3.05) is 6.61 Å². The number of ketones is 1. The standard InChI is InChI=1S/C54H91O10Si4/c1-17-27-28-32-35-44(55)60-53-38-58-43(53)36-42(62-67(21-5,22-6)23-7)52(14)47(53)49(59-50(57)40-33-30-29-31-34-40)54(64-65(15)16)37-41(61-66(18-2,19-3)20-4)39(11)45(51(54,12)13)46(48(52)56)63-68(24-8,25-9)26-10/h17,29-31,33-34,41-43,46-47,49H,1,18-28,32,35-38H2,2-16H3/t41-,42-,43+,46+,47-,49-,52+,53-,54+/m0/s1. The molecule has 1 aromatic carbocycles. The van der Waals surface area contributed by atoms with E-state index in [9.17, 15) is 4.79 Å². The van der Waals surface area contributed by atoms with Gasteiger partial charge in [0.2, 0.25) is 9.04 Å². The Morgan fingerprint density at radius 3 is 1.85 bits per heavy atom. The minimum Gasteiger partial charge on any atom is -0.455 e. The van der Waals surface area contributed by atoms with Gasteiger partial charge in [0.1, 0.15) is 23.9 Å². The minimum absolute atomic E-state index is 0.0441. The number of rotatable bonds is 25. The molecule has 68 heavy (non-hydrogen) atoms. The van der Waals surface area contributed by atoms with Crippen molar-refractivity contribution in [2.24, 2.45) is 16.7 Å². The van der Waals surface area contributed by atoms with Crippen molar-refractivity contribution in [3.8, 4) is 0 Å². The lowest BCUT2D eigenvalue weighted by Crippen LogP contribution is -2.83. The zero-order valence-corrected chi connectivity index (χ0v) is 49.0. The van der Waals surface area contributed by atoms with Gasteiger partial charge in [0, 0.05) is 24.7 Å². The molecule has 1 radical (unpaired) electrons. The van der Waals surface area contributed by atoms with Gasteiger partial charge in [-0.15, -0.1) is 6.58 Å². The number of carbonyl (C=O) groups is 3. The molecule has 0 unspecified atom stereocenters. The minimum atomic E-state index is -2.59. The van der Waals surface area contributed by atoms with E-state index >= 15 is 9.59 Å². The maximum atomic E-state index is 17.3. The molecule has 0 aromatic heterocycles. The van der Waals surface area contributed by atoms with E-state index in [4.69, 9.17) is 31.9 Å². The number of hydrogen-bond acceptors (Lipinski definition) is 10. The number of ether oxygens (including phenoxy) is 3. The summed E-state index contributed by atoms with van der Waals surface area (Å²) in [5, 5.41) is 0. The third kappa shape index (κ3) is 10.2. The Bertz CT molecular complexity index is 1900. The SMILES string of the molecule is C=CCCCCC(=O)O[C@@]12CO[C@@H]1C[C@H](O[Si](CC)(CC)CC)[C@@]1(C)C(=O)[C@H](O[Si](CC)(CC)CC)C3=C(C)[C@@H](O[Si](CC)(CC)CC)C[C@@](O[Si](C)C)([C@@H](OC(=O)c4ccccc4)[C@H]21)C3(C)C. The lowest BCUT2D eigenvalue weighted by atomic mass is 9.44. The van der Waals surface area contributed by atoms with Crippen LogP contribution in [0, 0.1) is 16.7 Å². The van der Waals surface area contributed by atoms with Gasteiger partial charge in [-0.3, -0.25) is 9.59 Å². The molecule has 9 atom stereocenters. The van der Waals surface area contributed by atoms with Crippen molar-refractivity contribution >= 4 is 51.7 Å². The van der Waals surface area contributed by atoms with Gasteiger partial charge >= 0.3 is 11.9 Å². The molecule has 1 heterocycles. The average Bonchev–Trinajstić information content (AvgIpc) is 3.33. The summed E-state index contributed by atoms with van der Waals surface area (Å²) in [6.07, 6.45) is 1.13. The summed E-state index contributed by atoms with van der Waals surface area (Å²) in [4.78, 5) is 47.2. The van der Waals surface area contributed by atoms with E-state index in [0.29, 0.717) is 24.8 Å². The molecule has 3 aliphatic carbocycles. The van der Waals surface area contributed by atoms with Gasteiger partial charge < -0.3 is 31.9 Å². The number of benzene rings is 1. The molecular formula is C54H91O10Si4. The molecule has 0 spiro atoms. The normalized spacial score (nSPS) is 30.4. The summed E-state index contributed by atoms with van der Waals surface area (Å²) in [6, 6.07) is 17.0. The second-order valence-electron chi connectivity index (χ2n) is 21.6. The predicted molar refractivity (Wildman–Crippen MR) is 283 cm³/mol. The molecule has 1 aliphatic heterocycles. The molecule has 5 rings (SSSR count). The van der Waals surface area contributed by atoms with Crippen LogP contribution in [-0.4, -0.2) is 100 Å². The third-order valence-electron chi connectivity index (χ3n) is 18.2. The van der Waals surface area contributed by atoms with E-state index in [1.165, 1.54) is 0 Å². The topological polar surface area (TPSA) is 116 Å². The van der Waals surface area contributed by atoms with Gasteiger partial charge in [-0.2, -0.15) is 0 Å². The zero-order chi connectivity index (χ0) is 50.5. The summed E-state index contributed by atoms with van der Waals surface area (Å²) in [6.45, 7) is 36.8. The van der Waals surface area contributed by atoms with Crippen molar-refractivity contribution in [3.05, 3.63) is 59.7 Å². The molecule has 1 aromatic rings. The quantitative estimate of drug-likeness (QED) is 0.0406. The lowest BCUT2D eigenvalue weighted by Gasteiger charge is -2.69. The van der Waals surface area contributed by atoms with Crippen LogP contribution < -0.4 is 0 Å². The highest BCUT2D eigenvalue weighted by Crippen LogP contribution is 2.66. The first-order valence-corrected chi connectivity index (χ1v) is 36.7. The van der Waals surface area contributed by atoms with Crippen molar-refractivity contribution in [1.82, 2.24) is 0 Å². The first-order chi connectivity index (χ1) is 32.2. The first kappa shape index (κ1) is 56.9. The van der Waals surface area contributed by atoms with E-state index in [1.54, 1.807) is 12.1 Å². The van der Waals surface area contributed by atoms with Gasteiger partial charge in [0.15, 0.2) is 36.3 Å². The fraction of sp³-hybridized carbons (Fsp3) is 0.759. The first-order valence-electron chi connectivity index (χ1n) is 26.7. The third-order valence-corrected chi connectivity index (χ3v) is 32.8. The van der Waals surface area contributed by atoms with E-state index < -0.39 is 98.4 Å². The maximum absolute atomic E-state index is 17.3. The molecular weight excluding hydrogens is 921 g/mol. The number of hydrogen-bond donors (Lipinski definition) is 0. The summed E-state index contributed by atoms with van der Waals surface area (Å²) >= 11 is 0. The van der Waals surface area contributed by atoms with E-state index in [1.807, 2.05) is 31.2 Å². The second-order valence-corrected chi connectivity index (χ2v) is 37.8. The van der Waals surface area contributed by atoms with Crippen molar-refractivity contribution in [3.63, 3.8) is 0 Å². The summed E-state index contributed by atoms with van der Waals surface area (Å²) < 4.78 is 52.1. The molecule has 0 N–H and O–H groups in total. The van der Waals surface area contributed by atoms with Crippen LogP contribution in [0.5, 0.6) is 0 Å². The Morgan fingerprint density at radius 2 is 1.35 bits per heavy atom.